The summed E-state index contributed by atoms with van der Waals surface area (Å²) >= 11 is 0. The zero-order valence-corrected chi connectivity index (χ0v) is 7.28. The first-order valence-electron chi connectivity index (χ1n) is 4.07. The summed E-state index contributed by atoms with van der Waals surface area (Å²) < 4.78 is 0. The van der Waals surface area contributed by atoms with E-state index in [-0.39, 0.29) is 0 Å². The van der Waals surface area contributed by atoms with Gasteiger partial charge in [0.25, 0.3) is 0 Å². The molecule has 1 aromatic carbocycles. The normalized spacial score (nSPS) is 9.77. The quantitative estimate of drug-likeness (QED) is 0.530. The van der Waals surface area contributed by atoms with Gasteiger partial charge in [-0.05, 0) is 18.2 Å². The summed E-state index contributed by atoms with van der Waals surface area (Å²) in [6.45, 7) is 0. The highest BCUT2D eigenvalue weighted by Gasteiger charge is 2.02. The average Bonchev–Trinajstić information content (AvgIpc) is 2.18. The molecule has 0 aliphatic rings. The molecule has 0 saturated carbocycles. The van der Waals surface area contributed by atoms with Crippen LogP contribution < -0.4 is 5.46 Å². The Bertz CT molecular complexity index is 500. The maximum Gasteiger partial charge on any atom is 0.141 e. The molecule has 2 aromatic rings. The molecule has 0 unspecified atom stereocenters. The minimum absolute atomic E-state index is 0.727. The second-order valence-corrected chi connectivity index (χ2v) is 2.94. The lowest BCUT2D eigenvalue weighted by molar-refractivity contribution is 1.41. The van der Waals surface area contributed by atoms with Gasteiger partial charge in [-0.15, -0.1) is 0 Å². The number of aromatic nitrogens is 1. The Morgan fingerprint density at radius 3 is 2.92 bits per heavy atom. The Labute approximate surface area is 77.2 Å². The molecule has 0 atom stereocenters. The van der Waals surface area contributed by atoms with Crippen molar-refractivity contribution < 1.29 is 0 Å². The molecule has 13 heavy (non-hydrogen) atoms. The summed E-state index contributed by atoms with van der Waals surface area (Å²) in [6, 6.07) is 9.83. The molecule has 1 heterocycles. The molecule has 3 heteroatoms. The van der Waals surface area contributed by atoms with Crippen LogP contribution >= 0.6 is 0 Å². The van der Waals surface area contributed by atoms with Crippen LogP contribution in [0.5, 0.6) is 0 Å². The van der Waals surface area contributed by atoms with Crippen molar-refractivity contribution in [3.8, 4) is 6.07 Å². The lowest BCUT2D eigenvalue weighted by atomic mass is 9.89. The van der Waals surface area contributed by atoms with E-state index < -0.39 is 0 Å². The van der Waals surface area contributed by atoms with Gasteiger partial charge in [0.2, 0.25) is 0 Å². The van der Waals surface area contributed by atoms with Crippen molar-refractivity contribution in [1.82, 2.24) is 4.98 Å². The number of fused-ring (bicyclic) bond motifs is 1. The van der Waals surface area contributed by atoms with Crippen molar-refractivity contribution in [1.29, 1.82) is 5.26 Å². The van der Waals surface area contributed by atoms with Crippen molar-refractivity contribution in [2.75, 3.05) is 0 Å². The minimum atomic E-state index is 0.727. The number of hydrogen-bond donors (Lipinski definition) is 0. The molecule has 0 radical (unpaired) electrons. The third-order valence-corrected chi connectivity index (χ3v) is 2.11. The summed E-state index contributed by atoms with van der Waals surface area (Å²) in [7, 11) is 1.94. The van der Waals surface area contributed by atoms with Crippen LogP contribution in [0.2, 0.25) is 0 Å². The standard InChI is InChI=1S/C10H7BN2/c11-9-3-4-10-7(8(9)6-12)2-1-5-13-10/h1-5H,11H2. The van der Waals surface area contributed by atoms with Crippen LogP contribution in [0.1, 0.15) is 5.56 Å². The van der Waals surface area contributed by atoms with E-state index in [1.165, 1.54) is 0 Å². The lowest BCUT2D eigenvalue weighted by Gasteiger charge is -2.01. The van der Waals surface area contributed by atoms with Gasteiger partial charge in [0, 0.05) is 11.6 Å². The molecular formula is C10H7BN2. The summed E-state index contributed by atoms with van der Waals surface area (Å²) in [5, 5.41) is 9.87. The Kier molecular flexibility index (Phi) is 1.75. The lowest BCUT2D eigenvalue weighted by Crippen LogP contribution is -2.07. The van der Waals surface area contributed by atoms with E-state index in [2.05, 4.69) is 11.1 Å². The predicted molar refractivity (Wildman–Crippen MR) is 54.6 cm³/mol. The van der Waals surface area contributed by atoms with Gasteiger partial charge in [0.15, 0.2) is 0 Å². The van der Waals surface area contributed by atoms with Crippen LogP contribution in [0.3, 0.4) is 0 Å². The van der Waals surface area contributed by atoms with Crippen molar-refractivity contribution in [2.45, 2.75) is 0 Å². The highest BCUT2D eigenvalue weighted by Crippen LogP contribution is 2.12. The fourth-order valence-electron chi connectivity index (χ4n) is 1.41. The minimum Gasteiger partial charge on any atom is -0.256 e. The maximum atomic E-state index is 8.94. The molecule has 0 saturated heterocycles. The molecule has 2 nitrogen and oxygen atoms in total. The zero-order valence-electron chi connectivity index (χ0n) is 7.28. The average molecular weight is 166 g/mol. The molecule has 60 valence electrons. The molecule has 0 N–H and O–H groups in total. The maximum absolute atomic E-state index is 8.94. The van der Waals surface area contributed by atoms with Gasteiger partial charge >= 0.3 is 0 Å². The monoisotopic (exact) mass is 166 g/mol. The van der Waals surface area contributed by atoms with Gasteiger partial charge in [-0.2, -0.15) is 5.26 Å². The van der Waals surface area contributed by atoms with Gasteiger partial charge in [-0.25, -0.2) is 0 Å². The van der Waals surface area contributed by atoms with Crippen LogP contribution in [0, 0.1) is 11.3 Å². The van der Waals surface area contributed by atoms with E-state index in [4.69, 9.17) is 5.26 Å². The molecular weight excluding hydrogens is 159 g/mol. The number of hydrogen-bond acceptors (Lipinski definition) is 2. The molecule has 0 fully saturated rings. The predicted octanol–water partition coefficient (Wildman–Crippen LogP) is 0.365. The third-order valence-electron chi connectivity index (χ3n) is 2.11. The van der Waals surface area contributed by atoms with E-state index in [9.17, 15) is 0 Å². The molecule has 1 aromatic heterocycles. The number of rotatable bonds is 0. The Morgan fingerprint density at radius 1 is 1.31 bits per heavy atom. The van der Waals surface area contributed by atoms with Gasteiger partial charge < -0.3 is 0 Å². The highest BCUT2D eigenvalue weighted by molar-refractivity contribution is 6.35. The molecule has 0 amide bonds. The van der Waals surface area contributed by atoms with Crippen LogP contribution in [0.15, 0.2) is 30.5 Å². The molecule has 0 bridgehead atoms. The summed E-state index contributed by atoms with van der Waals surface area (Å²) in [6.07, 6.45) is 1.73. The summed E-state index contributed by atoms with van der Waals surface area (Å²) in [5.74, 6) is 0. The first-order valence-corrected chi connectivity index (χ1v) is 4.07. The third kappa shape index (κ3) is 1.17. The van der Waals surface area contributed by atoms with Crippen LogP contribution in [-0.2, 0) is 0 Å². The van der Waals surface area contributed by atoms with Gasteiger partial charge in [0.1, 0.15) is 7.85 Å². The fraction of sp³-hybridized carbons (Fsp3) is 0. The topological polar surface area (TPSA) is 36.7 Å². The molecule has 2 rings (SSSR count). The van der Waals surface area contributed by atoms with Crippen LogP contribution in [-0.4, -0.2) is 12.8 Å². The van der Waals surface area contributed by atoms with Crippen molar-refractivity contribution in [2.24, 2.45) is 0 Å². The largest absolute Gasteiger partial charge is 0.256 e. The van der Waals surface area contributed by atoms with E-state index in [0.717, 1.165) is 21.9 Å². The molecule has 0 spiro atoms. The van der Waals surface area contributed by atoms with E-state index in [1.54, 1.807) is 6.20 Å². The van der Waals surface area contributed by atoms with Crippen molar-refractivity contribution in [3.63, 3.8) is 0 Å². The molecule has 0 aliphatic carbocycles. The first kappa shape index (κ1) is 7.81. The molecule has 0 aliphatic heterocycles. The first-order chi connectivity index (χ1) is 6.33. The van der Waals surface area contributed by atoms with Gasteiger partial charge in [-0.3, -0.25) is 4.98 Å². The Morgan fingerprint density at radius 2 is 2.15 bits per heavy atom. The Balaban J connectivity index is 2.94. The SMILES string of the molecule is Bc1ccc2ncccc2c1C#N. The van der Waals surface area contributed by atoms with E-state index in [1.807, 2.05) is 32.1 Å². The van der Waals surface area contributed by atoms with Crippen LogP contribution in [0.4, 0.5) is 0 Å². The summed E-state index contributed by atoms with van der Waals surface area (Å²) in [4.78, 5) is 4.18. The Hall–Kier alpha value is -1.82. The second-order valence-electron chi connectivity index (χ2n) is 2.94. The number of pyridine rings is 1. The van der Waals surface area contributed by atoms with Crippen LogP contribution in [0.25, 0.3) is 10.9 Å². The van der Waals surface area contributed by atoms with E-state index in [0.29, 0.717) is 0 Å². The highest BCUT2D eigenvalue weighted by atomic mass is 14.6. The van der Waals surface area contributed by atoms with Crippen molar-refractivity contribution >= 4 is 24.2 Å². The number of nitrogens with zero attached hydrogens (tertiary/aromatic N) is 2. The number of benzene rings is 1. The second kappa shape index (κ2) is 2.91. The van der Waals surface area contributed by atoms with E-state index >= 15 is 0 Å². The van der Waals surface area contributed by atoms with Crippen molar-refractivity contribution in [3.05, 3.63) is 36.0 Å². The summed E-state index contributed by atoms with van der Waals surface area (Å²) in [5.41, 5.74) is 2.61. The number of nitriles is 1. The zero-order chi connectivity index (χ0) is 9.26. The fourth-order valence-corrected chi connectivity index (χ4v) is 1.41. The van der Waals surface area contributed by atoms with Gasteiger partial charge in [-0.1, -0.05) is 11.5 Å². The smallest absolute Gasteiger partial charge is 0.141 e. The van der Waals surface area contributed by atoms with Gasteiger partial charge in [0.05, 0.1) is 17.1 Å².